The first-order valence-electron chi connectivity index (χ1n) is 5.91. The van der Waals surface area contributed by atoms with E-state index in [1.807, 2.05) is 18.4 Å². The molecule has 0 aliphatic rings. The van der Waals surface area contributed by atoms with Crippen molar-refractivity contribution in [2.45, 2.75) is 18.6 Å². The second kappa shape index (κ2) is 6.70. The summed E-state index contributed by atoms with van der Waals surface area (Å²) in [7, 11) is -3.11. The highest BCUT2D eigenvalue weighted by Gasteiger charge is 2.12. The van der Waals surface area contributed by atoms with Crippen molar-refractivity contribution in [3.63, 3.8) is 0 Å². The van der Waals surface area contributed by atoms with Gasteiger partial charge in [0.2, 0.25) is 10.0 Å². The fourth-order valence-electron chi connectivity index (χ4n) is 1.44. The zero-order chi connectivity index (χ0) is 14.6. The van der Waals surface area contributed by atoms with E-state index in [1.54, 1.807) is 11.3 Å². The van der Waals surface area contributed by atoms with Gasteiger partial charge in [0.1, 0.15) is 0 Å². The lowest BCUT2D eigenvalue weighted by molar-refractivity contribution is 0.466. The summed E-state index contributed by atoms with van der Waals surface area (Å²) in [6, 6.07) is 2.01. The molecule has 2 aromatic rings. The summed E-state index contributed by atoms with van der Waals surface area (Å²) in [5.41, 5.74) is 1.12. The van der Waals surface area contributed by atoms with Gasteiger partial charge >= 0.3 is 0 Å². The first kappa shape index (κ1) is 15.5. The molecule has 6 nitrogen and oxygen atoms in total. The quantitative estimate of drug-likeness (QED) is 0.617. The number of aromatic nitrogens is 2. The Morgan fingerprint density at radius 2 is 2.25 bits per heavy atom. The molecule has 2 heterocycles. The molecular formula is C11H15N3O3S3. The molecule has 0 aliphatic heterocycles. The molecule has 0 saturated heterocycles. The number of aryl methyl sites for hydroxylation is 1. The lowest BCUT2D eigenvalue weighted by atomic mass is 10.3. The predicted octanol–water partition coefficient (Wildman–Crippen LogP) is 2.14. The zero-order valence-electron chi connectivity index (χ0n) is 11.1. The topological polar surface area (TPSA) is 85.1 Å². The summed E-state index contributed by atoms with van der Waals surface area (Å²) >= 11 is 2.99. The van der Waals surface area contributed by atoms with E-state index in [9.17, 15) is 8.42 Å². The van der Waals surface area contributed by atoms with Crippen molar-refractivity contribution >= 4 is 33.1 Å². The Hall–Kier alpha value is -0.900. The molecule has 9 heteroatoms. The van der Waals surface area contributed by atoms with Crippen molar-refractivity contribution in [3.8, 4) is 10.8 Å². The molecular weight excluding hydrogens is 318 g/mol. The van der Waals surface area contributed by atoms with Crippen LogP contribution in [0.5, 0.6) is 0 Å². The fraction of sp³-hybridized carbons (Fsp3) is 0.455. The zero-order valence-corrected chi connectivity index (χ0v) is 13.6. The number of nitrogens with zero attached hydrogens (tertiary/aromatic N) is 2. The maximum atomic E-state index is 10.9. The Labute approximate surface area is 126 Å². The third kappa shape index (κ3) is 4.58. The average molecular weight is 333 g/mol. The first-order chi connectivity index (χ1) is 9.46. The second-order valence-electron chi connectivity index (χ2n) is 4.17. The molecule has 20 heavy (non-hydrogen) atoms. The molecule has 110 valence electrons. The van der Waals surface area contributed by atoms with Gasteiger partial charge in [0.25, 0.3) is 11.1 Å². The number of thioether (sulfide) groups is 1. The average Bonchev–Trinajstić information content (AvgIpc) is 2.96. The van der Waals surface area contributed by atoms with Gasteiger partial charge in [-0.05, 0) is 30.4 Å². The minimum Gasteiger partial charge on any atom is -0.410 e. The smallest absolute Gasteiger partial charge is 0.276 e. The molecule has 0 saturated carbocycles. The molecule has 0 bridgehead atoms. The van der Waals surface area contributed by atoms with Crippen LogP contribution in [0, 0.1) is 6.92 Å². The minimum atomic E-state index is -3.11. The number of sulfonamides is 1. The van der Waals surface area contributed by atoms with Crippen molar-refractivity contribution in [2.24, 2.45) is 0 Å². The van der Waals surface area contributed by atoms with Crippen LogP contribution in [0.1, 0.15) is 12.0 Å². The molecule has 2 rings (SSSR count). The molecule has 0 amide bonds. The van der Waals surface area contributed by atoms with E-state index in [0.717, 1.165) is 16.7 Å². The molecule has 2 aromatic heterocycles. The molecule has 1 N–H and O–H groups in total. The van der Waals surface area contributed by atoms with Crippen LogP contribution >= 0.6 is 23.1 Å². The summed E-state index contributed by atoms with van der Waals surface area (Å²) in [5, 5.41) is 10.5. The van der Waals surface area contributed by atoms with Crippen LogP contribution in [0.25, 0.3) is 10.8 Å². The van der Waals surface area contributed by atoms with Gasteiger partial charge in [-0.25, -0.2) is 13.1 Å². The largest absolute Gasteiger partial charge is 0.410 e. The minimum absolute atomic E-state index is 0.414. The summed E-state index contributed by atoms with van der Waals surface area (Å²) in [6.45, 7) is 2.41. The van der Waals surface area contributed by atoms with Gasteiger partial charge in [0.15, 0.2) is 0 Å². The van der Waals surface area contributed by atoms with E-state index in [1.165, 1.54) is 11.8 Å². The van der Waals surface area contributed by atoms with Crippen molar-refractivity contribution in [1.82, 2.24) is 14.9 Å². The van der Waals surface area contributed by atoms with E-state index in [-0.39, 0.29) is 0 Å². The van der Waals surface area contributed by atoms with Crippen LogP contribution in [0.3, 0.4) is 0 Å². The Balaban J connectivity index is 1.81. The van der Waals surface area contributed by atoms with Gasteiger partial charge in [0.05, 0.1) is 11.1 Å². The van der Waals surface area contributed by atoms with Crippen LogP contribution in [0.2, 0.25) is 0 Å². The fourth-order valence-corrected chi connectivity index (χ4v) is 3.50. The molecule has 0 fully saturated rings. The van der Waals surface area contributed by atoms with Gasteiger partial charge in [0, 0.05) is 12.3 Å². The highest BCUT2D eigenvalue weighted by molar-refractivity contribution is 7.99. The van der Waals surface area contributed by atoms with E-state index in [2.05, 4.69) is 14.9 Å². The van der Waals surface area contributed by atoms with E-state index < -0.39 is 10.0 Å². The van der Waals surface area contributed by atoms with E-state index in [0.29, 0.717) is 29.8 Å². The molecule has 0 unspecified atom stereocenters. The van der Waals surface area contributed by atoms with Gasteiger partial charge in [-0.1, -0.05) is 11.8 Å². The molecule has 0 atom stereocenters. The van der Waals surface area contributed by atoms with Crippen LogP contribution in [-0.4, -0.2) is 37.2 Å². The number of hydrogen-bond donors (Lipinski definition) is 1. The number of hydrogen-bond acceptors (Lipinski definition) is 7. The summed E-state index contributed by atoms with van der Waals surface area (Å²) in [5.74, 6) is 1.25. The normalized spacial score (nSPS) is 11.9. The standard InChI is InChI=1S/C11H15N3O3S3/c1-8-4-7-18-9(8)10-13-14-11(17-10)19-6-3-5-12-20(2,15)16/h4,7,12H,3,5-6H2,1-2H3. The van der Waals surface area contributed by atoms with E-state index in [4.69, 9.17) is 4.42 Å². The van der Waals surface area contributed by atoms with E-state index >= 15 is 0 Å². The van der Waals surface area contributed by atoms with Crippen LogP contribution < -0.4 is 4.72 Å². The maximum Gasteiger partial charge on any atom is 0.276 e. The Kier molecular flexibility index (Phi) is 5.19. The highest BCUT2D eigenvalue weighted by Crippen LogP contribution is 2.29. The number of rotatable bonds is 7. The first-order valence-corrected chi connectivity index (χ1v) is 9.67. The Bertz CT molecular complexity index is 663. The number of thiophene rings is 1. The Morgan fingerprint density at radius 3 is 2.90 bits per heavy atom. The summed E-state index contributed by atoms with van der Waals surface area (Å²) in [4.78, 5) is 0.989. The highest BCUT2D eigenvalue weighted by atomic mass is 32.2. The van der Waals surface area contributed by atoms with Crippen LogP contribution in [0.15, 0.2) is 21.1 Å². The maximum absolute atomic E-state index is 10.9. The molecule has 0 radical (unpaired) electrons. The Morgan fingerprint density at radius 1 is 1.45 bits per heavy atom. The predicted molar refractivity (Wildman–Crippen MR) is 80.5 cm³/mol. The van der Waals surface area contributed by atoms with Crippen LogP contribution in [0.4, 0.5) is 0 Å². The third-order valence-electron chi connectivity index (χ3n) is 2.37. The summed E-state index contributed by atoms with van der Waals surface area (Å²) < 4.78 is 29.8. The third-order valence-corrected chi connectivity index (χ3v) is 5.01. The SMILES string of the molecule is Cc1ccsc1-c1nnc(SCCCNS(C)(=O)=O)o1. The van der Waals surface area contributed by atoms with Crippen molar-refractivity contribution < 1.29 is 12.8 Å². The van der Waals surface area contributed by atoms with Gasteiger partial charge in [-0.3, -0.25) is 0 Å². The van der Waals surface area contributed by atoms with Gasteiger partial charge in [-0.2, -0.15) is 0 Å². The second-order valence-corrected chi connectivity index (χ2v) is 7.97. The van der Waals surface area contributed by atoms with Crippen molar-refractivity contribution in [2.75, 3.05) is 18.6 Å². The van der Waals surface area contributed by atoms with Crippen molar-refractivity contribution in [3.05, 3.63) is 17.0 Å². The lowest BCUT2D eigenvalue weighted by Gasteiger charge is -1.99. The van der Waals surface area contributed by atoms with Crippen LogP contribution in [-0.2, 0) is 10.0 Å². The van der Waals surface area contributed by atoms with Crippen molar-refractivity contribution in [1.29, 1.82) is 0 Å². The monoisotopic (exact) mass is 333 g/mol. The summed E-state index contributed by atoms with van der Waals surface area (Å²) in [6.07, 6.45) is 1.85. The lowest BCUT2D eigenvalue weighted by Crippen LogP contribution is -2.23. The molecule has 0 aromatic carbocycles. The number of nitrogens with one attached hydrogen (secondary N) is 1. The molecule has 0 aliphatic carbocycles. The van der Waals surface area contributed by atoms with Gasteiger partial charge in [-0.15, -0.1) is 21.5 Å². The van der Waals surface area contributed by atoms with Gasteiger partial charge < -0.3 is 4.42 Å². The molecule has 0 spiro atoms.